The molecule has 0 aliphatic heterocycles. The van der Waals surface area contributed by atoms with Crippen molar-refractivity contribution >= 4 is 17.4 Å². The number of amides is 1. The average Bonchev–Trinajstić information content (AvgIpc) is 2.94. The number of aryl methyl sites for hydroxylation is 2. The highest BCUT2D eigenvalue weighted by molar-refractivity contribution is 6.10. The number of furan rings is 1. The molecule has 1 heterocycles. The van der Waals surface area contributed by atoms with Crippen LogP contribution < -0.4 is 5.32 Å². The van der Waals surface area contributed by atoms with E-state index in [0.717, 1.165) is 5.56 Å². The Labute approximate surface area is 140 Å². The van der Waals surface area contributed by atoms with E-state index < -0.39 is 0 Å². The number of benzene rings is 2. The number of anilines is 1. The molecule has 1 amide bonds. The molecule has 0 fully saturated rings. The summed E-state index contributed by atoms with van der Waals surface area (Å²) in [6.07, 6.45) is 0. The van der Waals surface area contributed by atoms with Gasteiger partial charge < -0.3 is 9.73 Å². The maximum absolute atomic E-state index is 12.5. The minimum Gasteiger partial charge on any atom is -0.456 e. The molecule has 3 rings (SSSR count). The third-order valence-electron chi connectivity index (χ3n) is 3.81. The minimum atomic E-state index is -0.337. The molecule has 0 aliphatic rings. The second kappa shape index (κ2) is 6.54. The van der Waals surface area contributed by atoms with Crippen LogP contribution in [-0.2, 0) is 0 Å². The predicted octanol–water partition coefficient (Wildman–Crippen LogP) is 4.38. The zero-order chi connectivity index (χ0) is 17.1. The number of nitrogens with one attached hydrogen (secondary N) is 1. The lowest BCUT2D eigenvalue weighted by molar-refractivity contribution is 0.0993. The first-order chi connectivity index (χ1) is 11.5. The number of carbonyl (C=O) groups is 2. The molecule has 1 aromatic heterocycles. The van der Waals surface area contributed by atoms with Gasteiger partial charge in [0.05, 0.1) is 0 Å². The zero-order valence-electron chi connectivity index (χ0n) is 13.5. The van der Waals surface area contributed by atoms with Crippen molar-refractivity contribution in [2.24, 2.45) is 0 Å². The van der Waals surface area contributed by atoms with E-state index in [9.17, 15) is 9.59 Å². The molecule has 0 saturated carbocycles. The lowest BCUT2D eigenvalue weighted by atomic mass is 10.0. The van der Waals surface area contributed by atoms with Gasteiger partial charge in [0.15, 0.2) is 11.5 Å². The number of hydrogen-bond donors (Lipinski definition) is 1. The van der Waals surface area contributed by atoms with Crippen LogP contribution in [0.15, 0.2) is 65.1 Å². The van der Waals surface area contributed by atoms with E-state index in [1.54, 1.807) is 42.5 Å². The topological polar surface area (TPSA) is 59.3 Å². The molecule has 3 aromatic rings. The molecular formula is C20H17NO3. The van der Waals surface area contributed by atoms with Gasteiger partial charge in [-0.05, 0) is 37.6 Å². The molecule has 120 valence electrons. The lowest BCUT2D eigenvalue weighted by Crippen LogP contribution is -2.11. The fraction of sp³-hybridized carbons (Fsp3) is 0.100. The van der Waals surface area contributed by atoms with Gasteiger partial charge in [-0.25, -0.2) is 0 Å². The fourth-order valence-corrected chi connectivity index (χ4v) is 2.37. The Morgan fingerprint density at radius 2 is 1.58 bits per heavy atom. The summed E-state index contributed by atoms with van der Waals surface area (Å²) in [6, 6.07) is 17.6. The van der Waals surface area contributed by atoms with Crippen molar-refractivity contribution in [2.75, 3.05) is 5.32 Å². The molecule has 2 aromatic carbocycles. The molecule has 0 unspecified atom stereocenters. The van der Waals surface area contributed by atoms with E-state index in [4.69, 9.17) is 4.42 Å². The van der Waals surface area contributed by atoms with Gasteiger partial charge in [-0.3, -0.25) is 9.59 Å². The third kappa shape index (κ3) is 3.27. The predicted molar refractivity (Wildman–Crippen MR) is 92.5 cm³/mol. The quantitative estimate of drug-likeness (QED) is 0.726. The molecular weight excluding hydrogens is 302 g/mol. The first kappa shape index (κ1) is 15.7. The van der Waals surface area contributed by atoms with Crippen molar-refractivity contribution in [3.8, 4) is 0 Å². The van der Waals surface area contributed by atoms with E-state index in [1.807, 2.05) is 32.0 Å². The number of rotatable bonds is 4. The third-order valence-corrected chi connectivity index (χ3v) is 3.81. The second-order valence-corrected chi connectivity index (χ2v) is 5.58. The van der Waals surface area contributed by atoms with E-state index in [2.05, 4.69) is 5.32 Å². The van der Waals surface area contributed by atoms with Crippen molar-refractivity contribution in [3.05, 3.63) is 88.9 Å². The van der Waals surface area contributed by atoms with Gasteiger partial charge in [0.2, 0.25) is 0 Å². The highest BCUT2D eigenvalue weighted by atomic mass is 16.3. The molecule has 4 nitrogen and oxygen atoms in total. The van der Waals surface area contributed by atoms with Crippen LogP contribution in [0.25, 0.3) is 0 Å². The Bertz CT molecular complexity index is 875. The maximum Gasteiger partial charge on any atom is 0.291 e. The van der Waals surface area contributed by atoms with Crippen molar-refractivity contribution in [2.45, 2.75) is 13.8 Å². The first-order valence-electron chi connectivity index (χ1n) is 7.63. The normalized spacial score (nSPS) is 10.4. The molecule has 1 N–H and O–H groups in total. The zero-order valence-corrected chi connectivity index (χ0v) is 13.5. The Morgan fingerprint density at radius 3 is 2.25 bits per heavy atom. The molecule has 0 radical (unpaired) electrons. The summed E-state index contributed by atoms with van der Waals surface area (Å²) in [4.78, 5) is 24.7. The minimum absolute atomic E-state index is 0.0867. The van der Waals surface area contributed by atoms with Gasteiger partial charge in [-0.15, -0.1) is 0 Å². The van der Waals surface area contributed by atoms with Gasteiger partial charge in [-0.1, -0.05) is 42.5 Å². The van der Waals surface area contributed by atoms with Crippen LogP contribution in [0.2, 0.25) is 0 Å². The average molecular weight is 319 g/mol. The smallest absolute Gasteiger partial charge is 0.291 e. The van der Waals surface area contributed by atoms with Crippen molar-refractivity contribution in [3.63, 3.8) is 0 Å². The van der Waals surface area contributed by atoms with Crippen LogP contribution >= 0.6 is 0 Å². The molecule has 4 heteroatoms. The summed E-state index contributed by atoms with van der Waals surface area (Å²) in [5.74, 6) is 0.546. The molecule has 0 atom stereocenters. The van der Waals surface area contributed by atoms with E-state index >= 15 is 0 Å². The van der Waals surface area contributed by atoms with Crippen molar-refractivity contribution in [1.82, 2.24) is 0 Å². The molecule has 24 heavy (non-hydrogen) atoms. The summed E-state index contributed by atoms with van der Waals surface area (Å²) in [7, 11) is 0. The molecule has 0 spiro atoms. The maximum atomic E-state index is 12.5. The van der Waals surface area contributed by atoms with Gasteiger partial charge in [0, 0.05) is 16.8 Å². The first-order valence-corrected chi connectivity index (χ1v) is 7.63. The van der Waals surface area contributed by atoms with Gasteiger partial charge >= 0.3 is 0 Å². The van der Waals surface area contributed by atoms with Crippen LogP contribution in [0.3, 0.4) is 0 Å². The van der Waals surface area contributed by atoms with Crippen LogP contribution in [0.5, 0.6) is 0 Å². The Balaban J connectivity index is 1.80. The Hall–Kier alpha value is -3.14. The van der Waals surface area contributed by atoms with Crippen LogP contribution in [0, 0.1) is 13.8 Å². The highest BCUT2D eigenvalue weighted by Gasteiger charge is 2.14. The van der Waals surface area contributed by atoms with E-state index in [-0.39, 0.29) is 17.5 Å². The molecule has 0 saturated heterocycles. The summed E-state index contributed by atoms with van der Waals surface area (Å²) < 4.78 is 5.42. The van der Waals surface area contributed by atoms with Crippen LogP contribution in [0.1, 0.15) is 37.8 Å². The monoisotopic (exact) mass is 319 g/mol. The Morgan fingerprint density at radius 1 is 0.875 bits per heavy atom. The summed E-state index contributed by atoms with van der Waals surface area (Å²) in [5, 5.41) is 2.76. The van der Waals surface area contributed by atoms with Gasteiger partial charge in [0.25, 0.3) is 5.91 Å². The number of carbonyl (C=O) groups excluding carboxylic acids is 2. The van der Waals surface area contributed by atoms with E-state index in [1.165, 1.54) is 0 Å². The standard InChI is InChI=1S/C20H17NO3/c1-13-11-18(24-14(13)2)20(23)21-17-10-6-9-16(12-17)19(22)15-7-4-3-5-8-15/h3-12H,1-2H3,(H,21,23). The van der Waals surface area contributed by atoms with E-state index in [0.29, 0.717) is 22.6 Å². The van der Waals surface area contributed by atoms with Gasteiger partial charge in [0.1, 0.15) is 5.76 Å². The highest BCUT2D eigenvalue weighted by Crippen LogP contribution is 2.18. The van der Waals surface area contributed by atoms with Crippen LogP contribution in [0.4, 0.5) is 5.69 Å². The summed E-state index contributed by atoms with van der Waals surface area (Å²) >= 11 is 0. The van der Waals surface area contributed by atoms with Crippen molar-refractivity contribution < 1.29 is 14.0 Å². The number of hydrogen-bond acceptors (Lipinski definition) is 3. The van der Waals surface area contributed by atoms with Gasteiger partial charge in [-0.2, -0.15) is 0 Å². The fourth-order valence-electron chi connectivity index (χ4n) is 2.37. The lowest BCUT2D eigenvalue weighted by Gasteiger charge is -2.06. The van der Waals surface area contributed by atoms with Crippen molar-refractivity contribution in [1.29, 1.82) is 0 Å². The molecule has 0 bridgehead atoms. The Kier molecular flexibility index (Phi) is 4.29. The largest absolute Gasteiger partial charge is 0.456 e. The van der Waals surface area contributed by atoms with Crippen LogP contribution in [-0.4, -0.2) is 11.7 Å². The second-order valence-electron chi connectivity index (χ2n) is 5.58. The summed E-state index contributed by atoms with van der Waals surface area (Å²) in [6.45, 7) is 3.69. The number of ketones is 1. The SMILES string of the molecule is Cc1cc(C(=O)Nc2cccc(C(=O)c3ccccc3)c2)oc1C. The summed E-state index contributed by atoms with van der Waals surface area (Å²) in [5.41, 5.74) is 2.60. The molecule has 0 aliphatic carbocycles.